The van der Waals surface area contributed by atoms with Gasteiger partial charge in [-0.1, -0.05) is 0 Å². The van der Waals surface area contributed by atoms with Crippen LogP contribution in [-0.4, -0.2) is 12.7 Å². The molecule has 1 unspecified atom stereocenters. The average Bonchev–Trinajstić information content (AvgIpc) is 2.88. The summed E-state index contributed by atoms with van der Waals surface area (Å²) in [6.45, 7) is 6.39. The quantitative estimate of drug-likeness (QED) is 0.834. The predicted octanol–water partition coefficient (Wildman–Crippen LogP) is 4.80. The summed E-state index contributed by atoms with van der Waals surface area (Å²) in [6.07, 6.45) is -0.430. The van der Waals surface area contributed by atoms with Crippen molar-refractivity contribution >= 4 is 28.8 Å². The van der Waals surface area contributed by atoms with Crippen LogP contribution in [0.4, 0.5) is 16.2 Å². The normalized spacial score (nSPS) is 11.8. The van der Waals surface area contributed by atoms with Crippen LogP contribution >= 0.6 is 11.3 Å². The average molecular weight is 304 g/mol. The highest BCUT2D eigenvalue weighted by Gasteiger charge is 2.08. The molecule has 0 fully saturated rings. The lowest BCUT2D eigenvalue weighted by Gasteiger charge is -2.14. The monoisotopic (exact) mass is 304 g/mol. The summed E-state index contributed by atoms with van der Waals surface area (Å²) < 4.78 is 4.84. The van der Waals surface area contributed by atoms with Gasteiger partial charge in [0.1, 0.15) is 0 Å². The Labute approximate surface area is 129 Å². The second-order valence-corrected chi connectivity index (χ2v) is 6.06. The van der Waals surface area contributed by atoms with E-state index in [9.17, 15) is 4.79 Å². The Morgan fingerprint density at radius 3 is 2.43 bits per heavy atom. The molecule has 2 aromatic rings. The molecule has 112 valence electrons. The fourth-order valence-corrected chi connectivity index (χ4v) is 2.82. The molecule has 0 saturated heterocycles. The third-order valence-electron chi connectivity index (χ3n) is 2.98. The number of thiophene rings is 1. The first-order valence-electron chi connectivity index (χ1n) is 6.95. The molecule has 1 heterocycles. The van der Waals surface area contributed by atoms with Gasteiger partial charge < -0.3 is 10.1 Å². The zero-order valence-electron chi connectivity index (χ0n) is 12.5. The maximum absolute atomic E-state index is 11.3. The van der Waals surface area contributed by atoms with Crippen LogP contribution in [0.25, 0.3) is 0 Å². The van der Waals surface area contributed by atoms with Gasteiger partial charge in [-0.3, -0.25) is 5.32 Å². The van der Waals surface area contributed by atoms with E-state index in [0.29, 0.717) is 6.61 Å². The van der Waals surface area contributed by atoms with E-state index in [2.05, 4.69) is 36.6 Å². The largest absolute Gasteiger partial charge is 0.450 e. The van der Waals surface area contributed by atoms with Gasteiger partial charge in [-0.15, -0.1) is 11.3 Å². The van der Waals surface area contributed by atoms with Gasteiger partial charge in [0, 0.05) is 21.1 Å². The molecule has 1 aromatic carbocycles. The molecule has 0 saturated carbocycles. The summed E-state index contributed by atoms with van der Waals surface area (Å²) in [7, 11) is 0. The molecule has 1 aromatic heterocycles. The van der Waals surface area contributed by atoms with Gasteiger partial charge in [-0.2, -0.15) is 0 Å². The minimum Gasteiger partial charge on any atom is -0.450 e. The van der Waals surface area contributed by atoms with Crippen LogP contribution in [0, 0.1) is 6.92 Å². The number of carbonyl (C=O) groups is 1. The minimum atomic E-state index is -0.430. The number of benzene rings is 1. The van der Waals surface area contributed by atoms with Gasteiger partial charge >= 0.3 is 6.09 Å². The van der Waals surface area contributed by atoms with Crippen molar-refractivity contribution in [3.8, 4) is 0 Å². The Bertz CT molecular complexity index is 593. The third kappa shape index (κ3) is 4.49. The molecule has 0 aliphatic carbocycles. The number of hydrogen-bond donors (Lipinski definition) is 2. The van der Waals surface area contributed by atoms with Crippen molar-refractivity contribution in [2.24, 2.45) is 0 Å². The Morgan fingerprint density at radius 2 is 1.86 bits per heavy atom. The van der Waals surface area contributed by atoms with Crippen molar-refractivity contribution < 1.29 is 9.53 Å². The number of nitrogens with one attached hydrogen (secondary N) is 2. The molecular formula is C16H20N2O2S. The number of ether oxygens (including phenoxy) is 1. The van der Waals surface area contributed by atoms with Crippen molar-refractivity contribution in [2.45, 2.75) is 26.8 Å². The number of anilines is 2. The first kappa shape index (κ1) is 15.4. The molecule has 0 aliphatic heterocycles. The van der Waals surface area contributed by atoms with Crippen molar-refractivity contribution in [3.63, 3.8) is 0 Å². The molecule has 21 heavy (non-hydrogen) atoms. The molecular weight excluding hydrogens is 284 g/mol. The second kappa shape index (κ2) is 7.13. The molecule has 2 N–H and O–H groups in total. The Kier molecular flexibility index (Phi) is 5.22. The van der Waals surface area contributed by atoms with Gasteiger partial charge in [0.15, 0.2) is 0 Å². The molecule has 0 radical (unpaired) electrons. The smallest absolute Gasteiger partial charge is 0.411 e. The van der Waals surface area contributed by atoms with Gasteiger partial charge in [0.2, 0.25) is 0 Å². The van der Waals surface area contributed by atoms with Crippen LogP contribution in [0.5, 0.6) is 0 Å². The van der Waals surface area contributed by atoms with Crippen molar-refractivity contribution in [2.75, 3.05) is 17.2 Å². The van der Waals surface area contributed by atoms with E-state index >= 15 is 0 Å². The van der Waals surface area contributed by atoms with Crippen LogP contribution in [0.1, 0.15) is 29.6 Å². The first-order valence-corrected chi connectivity index (χ1v) is 7.77. The van der Waals surface area contributed by atoms with Crippen molar-refractivity contribution in [1.29, 1.82) is 0 Å². The highest BCUT2D eigenvalue weighted by atomic mass is 32.1. The van der Waals surface area contributed by atoms with E-state index in [-0.39, 0.29) is 6.04 Å². The highest BCUT2D eigenvalue weighted by Crippen LogP contribution is 2.26. The van der Waals surface area contributed by atoms with E-state index in [1.54, 1.807) is 18.3 Å². The van der Waals surface area contributed by atoms with Crippen LogP contribution in [-0.2, 0) is 4.74 Å². The zero-order chi connectivity index (χ0) is 15.2. The van der Waals surface area contributed by atoms with E-state index in [0.717, 1.165) is 11.4 Å². The number of aryl methyl sites for hydroxylation is 1. The topological polar surface area (TPSA) is 50.4 Å². The summed E-state index contributed by atoms with van der Waals surface area (Å²) in [5, 5.41) is 6.12. The van der Waals surface area contributed by atoms with Crippen molar-refractivity contribution in [3.05, 3.63) is 46.2 Å². The van der Waals surface area contributed by atoms with Crippen LogP contribution in [0.3, 0.4) is 0 Å². The summed E-state index contributed by atoms with van der Waals surface area (Å²) in [5.74, 6) is 0. The summed E-state index contributed by atoms with van der Waals surface area (Å²) in [5.41, 5.74) is 1.74. The molecule has 1 atom stereocenters. The van der Waals surface area contributed by atoms with E-state index in [4.69, 9.17) is 4.74 Å². The maximum atomic E-state index is 11.3. The molecule has 0 spiro atoms. The Hall–Kier alpha value is -2.01. The van der Waals surface area contributed by atoms with E-state index in [1.807, 2.05) is 24.3 Å². The number of hydrogen-bond acceptors (Lipinski definition) is 4. The number of rotatable bonds is 5. The number of carbonyl (C=O) groups excluding carboxylic acids is 1. The van der Waals surface area contributed by atoms with Gasteiger partial charge in [-0.05, 0) is 57.2 Å². The lowest BCUT2D eigenvalue weighted by atomic mass is 10.2. The third-order valence-corrected chi connectivity index (χ3v) is 4.16. The summed E-state index contributed by atoms with van der Waals surface area (Å²) in [4.78, 5) is 13.9. The van der Waals surface area contributed by atoms with E-state index in [1.165, 1.54) is 9.75 Å². The predicted molar refractivity (Wildman–Crippen MR) is 88.2 cm³/mol. The highest BCUT2D eigenvalue weighted by molar-refractivity contribution is 7.12. The molecule has 4 nitrogen and oxygen atoms in total. The molecule has 0 aliphatic rings. The molecule has 0 bridgehead atoms. The van der Waals surface area contributed by atoms with Crippen LogP contribution in [0.2, 0.25) is 0 Å². The fraction of sp³-hybridized carbons (Fsp3) is 0.312. The summed E-state index contributed by atoms with van der Waals surface area (Å²) >= 11 is 1.80. The SMILES string of the molecule is CCOC(=O)Nc1ccc(NC(C)c2ccc(C)s2)cc1. The minimum absolute atomic E-state index is 0.257. The second-order valence-electron chi connectivity index (χ2n) is 4.74. The van der Waals surface area contributed by atoms with Crippen molar-refractivity contribution in [1.82, 2.24) is 0 Å². The number of amides is 1. The van der Waals surface area contributed by atoms with Gasteiger partial charge in [-0.25, -0.2) is 4.79 Å². The lowest BCUT2D eigenvalue weighted by Crippen LogP contribution is -2.13. The Morgan fingerprint density at radius 1 is 1.19 bits per heavy atom. The van der Waals surface area contributed by atoms with Gasteiger partial charge in [0.05, 0.1) is 12.6 Å². The zero-order valence-corrected chi connectivity index (χ0v) is 13.3. The molecule has 2 rings (SSSR count). The Balaban J connectivity index is 1.94. The molecule has 5 heteroatoms. The standard InChI is InChI=1S/C16H20N2O2S/c1-4-20-16(19)18-14-8-6-13(7-9-14)17-12(3)15-10-5-11(2)21-15/h5-10,12,17H,4H2,1-3H3,(H,18,19). The van der Waals surface area contributed by atoms with Crippen LogP contribution in [0.15, 0.2) is 36.4 Å². The fourth-order valence-electron chi connectivity index (χ4n) is 1.94. The van der Waals surface area contributed by atoms with Gasteiger partial charge in [0.25, 0.3) is 0 Å². The van der Waals surface area contributed by atoms with E-state index < -0.39 is 6.09 Å². The maximum Gasteiger partial charge on any atom is 0.411 e. The van der Waals surface area contributed by atoms with Crippen LogP contribution < -0.4 is 10.6 Å². The first-order chi connectivity index (χ1) is 10.1. The lowest BCUT2D eigenvalue weighted by molar-refractivity contribution is 0.168. The molecule has 1 amide bonds. The summed E-state index contributed by atoms with van der Waals surface area (Å²) in [6, 6.07) is 12.1.